The van der Waals surface area contributed by atoms with Crippen molar-refractivity contribution in [1.29, 1.82) is 0 Å². The van der Waals surface area contributed by atoms with Gasteiger partial charge in [0.2, 0.25) is 0 Å². The van der Waals surface area contributed by atoms with Crippen molar-refractivity contribution in [2.24, 2.45) is 5.73 Å². The lowest BCUT2D eigenvalue weighted by atomic mass is 10.00. The molecule has 15 heavy (non-hydrogen) atoms. The van der Waals surface area contributed by atoms with E-state index in [1.165, 1.54) is 6.42 Å². The van der Waals surface area contributed by atoms with Gasteiger partial charge in [0, 0.05) is 18.6 Å². The molecule has 4 nitrogen and oxygen atoms in total. The zero-order valence-corrected chi connectivity index (χ0v) is 9.83. The molecule has 3 N–H and O–H groups in total. The second-order valence-electron chi connectivity index (χ2n) is 4.52. The van der Waals surface area contributed by atoms with Gasteiger partial charge in [-0.3, -0.25) is 0 Å². The van der Waals surface area contributed by atoms with Crippen LogP contribution in [-0.2, 0) is 0 Å². The number of nitrogens with two attached hydrogens (primary N) is 1. The minimum atomic E-state index is 0.0724. The zero-order chi connectivity index (χ0) is 11.3. The van der Waals surface area contributed by atoms with Gasteiger partial charge in [-0.25, -0.2) is 4.79 Å². The van der Waals surface area contributed by atoms with Crippen LogP contribution in [0.2, 0.25) is 0 Å². The summed E-state index contributed by atoms with van der Waals surface area (Å²) in [5.74, 6) is 0. The first-order valence-electron chi connectivity index (χ1n) is 5.92. The Labute approximate surface area is 92.2 Å². The number of nitrogens with zero attached hydrogens (tertiary/aromatic N) is 1. The minimum Gasteiger partial charge on any atom is -0.336 e. The summed E-state index contributed by atoms with van der Waals surface area (Å²) in [6, 6.07) is 0.628. The Kier molecular flexibility index (Phi) is 4.88. The molecule has 1 unspecified atom stereocenters. The Balaban J connectivity index is 2.51. The molecule has 0 saturated carbocycles. The van der Waals surface area contributed by atoms with Gasteiger partial charge in [0.05, 0.1) is 0 Å². The highest BCUT2D eigenvalue weighted by Gasteiger charge is 2.25. The van der Waals surface area contributed by atoms with Crippen LogP contribution in [0.25, 0.3) is 0 Å². The first kappa shape index (κ1) is 12.3. The third-order valence-corrected chi connectivity index (χ3v) is 2.80. The standard InChI is InChI=1S/C11H23N3O/c1-9(2)13-11(15)14-8-4-3-5-10(14)6-7-12/h9-10H,3-8,12H2,1-2H3,(H,13,15). The molecule has 88 valence electrons. The highest BCUT2D eigenvalue weighted by Crippen LogP contribution is 2.19. The number of piperidine rings is 1. The van der Waals surface area contributed by atoms with E-state index in [1.54, 1.807) is 0 Å². The van der Waals surface area contributed by atoms with Crippen molar-refractivity contribution in [3.8, 4) is 0 Å². The maximum absolute atomic E-state index is 11.9. The summed E-state index contributed by atoms with van der Waals surface area (Å²) in [6.45, 7) is 5.51. The molecule has 1 rings (SSSR count). The lowest BCUT2D eigenvalue weighted by Crippen LogP contribution is -2.50. The van der Waals surface area contributed by atoms with Gasteiger partial charge >= 0.3 is 6.03 Å². The highest BCUT2D eigenvalue weighted by molar-refractivity contribution is 5.74. The summed E-state index contributed by atoms with van der Waals surface area (Å²) in [6.07, 6.45) is 4.36. The van der Waals surface area contributed by atoms with Crippen LogP contribution in [0.15, 0.2) is 0 Å². The van der Waals surface area contributed by atoms with Crippen LogP contribution in [-0.4, -0.2) is 36.1 Å². The van der Waals surface area contributed by atoms with E-state index in [2.05, 4.69) is 5.32 Å². The van der Waals surface area contributed by atoms with E-state index in [9.17, 15) is 4.79 Å². The van der Waals surface area contributed by atoms with Gasteiger partial charge in [0.1, 0.15) is 0 Å². The average molecular weight is 213 g/mol. The fourth-order valence-corrected chi connectivity index (χ4v) is 2.09. The molecule has 1 aliphatic rings. The van der Waals surface area contributed by atoms with Crippen LogP contribution in [0, 0.1) is 0 Å². The minimum absolute atomic E-state index is 0.0724. The SMILES string of the molecule is CC(C)NC(=O)N1CCCCC1CCN. The maximum Gasteiger partial charge on any atom is 0.317 e. The van der Waals surface area contributed by atoms with Crippen LogP contribution in [0.5, 0.6) is 0 Å². The molecule has 0 aliphatic carbocycles. The van der Waals surface area contributed by atoms with Crippen molar-refractivity contribution in [3.63, 3.8) is 0 Å². The van der Waals surface area contributed by atoms with Crippen molar-refractivity contribution < 1.29 is 4.79 Å². The second-order valence-corrected chi connectivity index (χ2v) is 4.52. The van der Waals surface area contributed by atoms with Crippen LogP contribution in [0.1, 0.15) is 39.5 Å². The number of nitrogens with one attached hydrogen (secondary N) is 1. The van der Waals surface area contributed by atoms with E-state index in [0.717, 1.165) is 25.8 Å². The van der Waals surface area contributed by atoms with Crippen LogP contribution in [0.3, 0.4) is 0 Å². The smallest absolute Gasteiger partial charge is 0.317 e. The number of amides is 2. The summed E-state index contributed by atoms with van der Waals surface area (Å²) in [4.78, 5) is 13.8. The van der Waals surface area contributed by atoms with Gasteiger partial charge in [0.25, 0.3) is 0 Å². The Morgan fingerprint density at radius 3 is 2.87 bits per heavy atom. The lowest BCUT2D eigenvalue weighted by molar-refractivity contribution is 0.145. The average Bonchev–Trinajstić information content (AvgIpc) is 2.18. The molecule has 2 amide bonds. The summed E-state index contributed by atoms with van der Waals surface area (Å²) in [5, 5.41) is 2.95. The fourth-order valence-electron chi connectivity index (χ4n) is 2.09. The Bertz CT molecular complexity index is 204. The number of rotatable bonds is 3. The molecule has 0 aromatic carbocycles. The summed E-state index contributed by atoms with van der Waals surface area (Å²) in [5.41, 5.74) is 5.56. The van der Waals surface area contributed by atoms with Gasteiger partial charge < -0.3 is 16.0 Å². The molecule has 1 atom stereocenters. The van der Waals surface area contributed by atoms with Gasteiger partial charge in [-0.15, -0.1) is 0 Å². The van der Waals surface area contributed by atoms with E-state index in [1.807, 2.05) is 18.7 Å². The molecular weight excluding hydrogens is 190 g/mol. The van der Waals surface area contributed by atoms with Crippen LogP contribution < -0.4 is 11.1 Å². The van der Waals surface area contributed by atoms with Gasteiger partial charge in [0.15, 0.2) is 0 Å². The van der Waals surface area contributed by atoms with Crippen molar-refractivity contribution in [3.05, 3.63) is 0 Å². The van der Waals surface area contributed by atoms with Gasteiger partial charge in [-0.2, -0.15) is 0 Å². The monoisotopic (exact) mass is 213 g/mol. The Hall–Kier alpha value is -0.770. The first-order chi connectivity index (χ1) is 7.15. The highest BCUT2D eigenvalue weighted by atomic mass is 16.2. The third kappa shape index (κ3) is 3.70. The van der Waals surface area contributed by atoms with Crippen LogP contribution >= 0.6 is 0 Å². The summed E-state index contributed by atoms with van der Waals surface area (Å²) < 4.78 is 0. The maximum atomic E-state index is 11.9. The van der Waals surface area contributed by atoms with Crippen molar-refractivity contribution in [2.75, 3.05) is 13.1 Å². The number of carbonyl (C=O) groups excluding carboxylic acids is 1. The van der Waals surface area contributed by atoms with Crippen molar-refractivity contribution in [1.82, 2.24) is 10.2 Å². The van der Waals surface area contributed by atoms with Crippen LogP contribution in [0.4, 0.5) is 4.79 Å². The topological polar surface area (TPSA) is 58.4 Å². The fraction of sp³-hybridized carbons (Fsp3) is 0.909. The van der Waals surface area contributed by atoms with E-state index in [-0.39, 0.29) is 12.1 Å². The molecule has 1 saturated heterocycles. The number of likely N-dealkylation sites (tertiary alicyclic amines) is 1. The van der Waals surface area contributed by atoms with E-state index in [0.29, 0.717) is 12.6 Å². The van der Waals surface area contributed by atoms with Crippen molar-refractivity contribution in [2.45, 2.75) is 51.6 Å². The molecule has 4 heteroatoms. The summed E-state index contributed by atoms with van der Waals surface area (Å²) in [7, 11) is 0. The van der Waals surface area contributed by atoms with Gasteiger partial charge in [-0.1, -0.05) is 0 Å². The normalized spacial score (nSPS) is 21.9. The Morgan fingerprint density at radius 2 is 2.27 bits per heavy atom. The van der Waals surface area contributed by atoms with E-state index in [4.69, 9.17) is 5.73 Å². The zero-order valence-electron chi connectivity index (χ0n) is 9.83. The molecule has 1 heterocycles. The first-order valence-corrected chi connectivity index (χ1v) is 5.92. The molecule has 0 aromatic heterocycles. The molecular formula is C11H23N3O. The second kappa shape index (κ2) is 5.95. The molecule has 0 aromatic rings. The number of carbonyl (C=O) groups is 1. The molecule has 0 bridgehead atoms. The predicted octanol–water partition coefficient (Wildman–Crippen LogP) is 1.31. The molecule has 0 radical (unpaired) electrons. The third-order valence-electron chi connectivity index (χ3n) is 2.80. The number of hydrogen-bond donors (Lipinski definition) is 2. The van der Waals surface area contributed by atoms with Crippen molar-refractivity contribution >= 4 is 6.03 Å². The summed E-state index contributed by atoms with van der Waals surface area (Å²) >= 11 is 0. The predicted molar refractivity (Wildman–Crippen MR) is 61.7 cm³/mol. The molecule has 1 aliphatic heterocycles. The number of urea groups is 1. The van der Waals surface area contributed by atoms with E-state index < -0.39 is 0 Å². The van der Waals surface area contributed by atoms with Gasteiger partial charge in [-0.05, 0) is 46.1 Å². The lowest BCUT2D eigenvalue weighted by Gasteiger charge is -2.36. The molecule has 1 fully saturated rings. The molecule has 0 spiro atoms. The Morgan fingerprint density at radius 1 is 1.53 bits per heavy atom. The largest absolute Gasteiger partial charge is 0.336 e. The quantitative estimate of drug-likeness (QED) is 0.742. The van der Waals surface area contributed by atoms with E-state index >= 15 is 0 Å². The number of hydrogen-bond acceptors (Lipinski definition) is 2.